The minimum absolute atomic E-state index is 0.250. The number of benzene rings is 1. The van der Waals surface area contributed by atoms with Crippen molar-refractivity contribution >= 4 is 11.6 Å². The molecule has 0 saturated heterocycles. The molecule has 1 aromatic carbocycles. The van der Waals surface area contributed by atoms with Crippen LogP contribution in [-0.4, -0.2) is 13.7 Å². The number of methoxy groups -OCH3 is 1. The van der Waals surface area contributed by atoms with E-state index in [1.54, 1.807) is 7.11 Å². The highest BCUT2D eigenvalue weighted by atomic mass is 35.5. The van der Waals surface area contributed by atoms with Crippen molar-refractivity contribution in [2.45, 2.75) is 25.3 Å². The van der Waals surface area contributed by atoms with Crippen LogP contribution in [0.4, 0.5) is 0 Å². The van der Waals surface area contributed by atoms with Crippen molar-refractivity contribution < 1.29 is 9.47 Å². The van der Waals surface area contributed by atoms with Gasteiger partial charge in [0.1, 0.15) is 11.5 Å². The normalized spacial score (nSPS) is 17.0. The lowest BCUT2D eigenvalue weighted by Crippen LogP contribution is -2.20. The van der Waals surface area contributed by atoms with E-state index in [1.165, 1.54) is 0 Å². The average molecular weight is 242 g/mol. The minimum atomic E-state index is -0.250. The predicted molar refractivity (Wildman–Crippen MR) is 64.3 cm³/mol. The third-order valence-corrected chi connectivity index (χ3v) is 3.17. The van der Waals surface area contributed by atoms with E-state index in [2.05, 4.69) is 0 Å². The van der Waals surface area contributed by atoms with E-state index in [4.69, 9.17) is 26.8 Å². The maximum Gasteiger partial charge on any atom is 0.141 e. The van der Waals surface area contributed by atoms with Crippen molar-refractivity contribution in [3.05, 3.63) is 22.7 Å². The summed E-state index contributed by atoms with van der Waals surface area (Å²) in [7, 11) is 1.59. The molecular formula is C12H16ClNO2. The van der Waals surface area contributed by atoms with Crippen LogP contribution in [-0.2, 0) is 5.54 Å². The van der Waals surface area contributed by atoms with Gasteiger partial charge in [0, 0.05) is 17.2 Å². The Morgan fingerprint density at radius 1 is 1.38 bits per heavy atom. The Bertz CT molecular complexity index is 402. The van der Waals surface area contributed by atoms with E-state index in [1.807, 2.05) is 19.1 Å². The van der Waals surface area contributed by atoms with Gasteiger partial charge in [-0.1, -0.05) is 11.6 Å². The molecule has 16 heavy (non-hydrogen) atoms. The van der Waals surface area contributed by atoms with Crippen molar-refractivity contribution in [2.24, 2.45) is 5.73 Å². The highest BCUT2D eigenvalue weighted by Gasteiger charge is 2.42. The summed E-state index contributed by atoms with van der Waals surface area (Å²) in [5.74, 6) is 1.40. The first-order valence-electron chi connectivity index (χ1n) is 5.40. The Balaban J connectivity index is 2.45. The van der Waals surface area contributed by atoms with Gasteiger partial charge in [-0.25, -0.2) is 0 Å². The minimum Gasteiger partial charge on any atom is -0.495 e. The topological polar surface area (TPSA) is 44.5 Å². The molecule has 0 aromatic heterocycles. The van der Waals surface area contributed by atoms with Crippen LogP contribution in [0.1, 0.15) is 25.3 Å². The van der Waals surface area contributed by atoms with E-state index in [0.29, 0.717) is 17.4 Å². The first-order valence-corrected chi connectivity index (χ1v) is 5.78. The van der Waals surface area contributed by atoms with Gasteiger partial charge in [0.25, 0.3) is 0 Å². The van der Waals surface area contributed by atoms with Crippen LogP contribution >= 0.6 is 11.6 Å². The lowest BCUT2D eigenvalue weighted by Gasteiger charge is -2.17. The van der Waals surface area contributed by atoms with Crippen molar-refractivity contribution in [3.8, 4) is 11.5 Å². The van der Waals surface area contributed by atoms with E-state index >= 15 is 0 Å². The molecule has 1 aliphatic rings. The van der Waals surface area contributed by atoms with Gasteiger partial charge in [-0.3, -0.25) is 0 Å². The van der Waals surface area contributed by atoms with E-state index < -0.39 is 0 Å². The second-order valence-corrected chi connectivity index (χ2v) is 4.48. The van der Waals surface area contributed by atoms with Crippen LogP contribution in [0.2, 0.25) is 5.02 Å². The molecule has 1 aliphatic carbocycles. The molecule has 2 N–H and O–H groups in total. The molecule has 0 heterocycles. The number of nitrogens with two attached hydrogens (primary N) is 1. The zero-order valence-electron chi connectivity index (χ0n) is 9.55. The van der Waals surface area contributed by atoms with Gasteiger partial charge < -0.3 is 15.2 Å². The molecule has 0 aliphatic heterocycles. The fraction of sp³-hybridized carbons (Fsp3) is 0.500. The lowest BCUT2D eigenvalue weighted by molar-refractivity contribution is 0.329. The molecule has 0 atom stereocenters. The summed E-state index contributed by atoms with van der Waals surface area (Å²) < 4.78 is 10.7. The van der Waals surface area contributed by atoms with Gasteiger partial charge in [-0.05, 0) is 25.8 Å². The second kappa shape index (κ2) is 4.15. The zero-order chi connectivity index (χ0) is 11.8. The molecular weight excluding hydrogens is 226 g/mol. The molecule has 0 unspecified atom stereocenters. The van der Waals surface area contributed by atoms with Crippen LogP contribution in [0.5, 0.6) is 11.5 Å². The molecule has 4 heteroatoms. The fourth-order valence-electron chi connectivity index (χ4n) is 1.76. The third-order valence-electron chi connectivity index (χ3n) is 2.88. The quantitative estimate of drug-likeness (QED) is 0.882. The Morgan fingerprint density at radius 3 is 2.56 bits per heavy atom. The highest BCUT2D eigenvalue weighted by Crippen LogP contribution is 2.48. The third kappa shape index (κ3) is 1.97. The second-order valence-electron chi connectivity index (χ2n) is 4.07. The molecule has 1 saturated carbocycles. The maximum atomic E-state index is 6.18. The van der Waals surface area contributed by atoms with Gasteiger partial charge in [0.2, 0.25) is 0 Å². The summed E-state index contributed by atoms with van der Waals surface area (Å²) in [6.45, 7) is 2.55. The molecule has 3 nitrogen and oxygen atoms in total. The van der Waals surface area contributed by atoms with E-state index in [-0.39, 0.29) is 5.54 Å². The van der Waals surface area contributed by atoms with Crippen LogP contribution in [0.25, 0.3) is 0 Å². The van der Waals surface area contributed by atoms with Gasteiger partial charge in [-0.2, -0.15) is 0 Å². The van der Waals surface area contributed by atoms with Crippen molar-refractivity contribution in [2.75, 3.05) is 13.7 Å². The molecule has 88 valence electrons. The van der Waals surface area contributed by atoms with Crippen molar-refractivity contribution in [1.82, 2.24) is 0 Å². The van der Waals surface area contributed by atoms with Crippen molar-refractivity contribution in [3.63, 3.8) is 0 Å². The van der Waals surface area contributed by atoms with E-state index in [0.717, 1.165) is 24.2 Å². The Hall–Kier alpha value is -0.930. The number of halogens is 1. The largest absolute Gasteiger partial charge is 0.495 e. The number of hydrogen-bond acceptors (Lipinski definition) is 3. The number of hydrogen-bond donors (Lipinski definition) is 1. The summed E-state index contributed by atoms with van der Waals surface area (Å²) >= 11 is 6.10. The van der Waals surface area contributed by atoms with E-state index in [9.17, 15) is 0 Å². The monoisotopic (exact) mass is 241 g/mol. The molecule has 0 spiro atoms. The lowest BCUT2D eigenvalue weighted by atomic mass is 10.0. The van der Waals surface area contributed by atoms with Gasteiger partial charge >= 0.3 is 0 Å². The summed E-state index contributed by atoms with van der Waals surface area (Å²) in [4.78, 5) is 0. The Morgan fingerprint density at radius 2 is 2.06 bits per heavy atom. The van der Waals surface area contributed by atoms with Crippen LogP contribution < -0.4 is 15.2 Å². The Labute approximate surface area is 100 Å². The first kappa shape index (κ1) is 11.6. The summed E-state index contributed by atoms with van der Waals surface area (Å²) in [5, 5.41) is 0.581. The molecule has 0 radical (unpaired) electrons. The molecule has 1 aromatic rings. The number of rotatable bonds is 4. The summed E-state index contributed by atoms with van der Waals surface area (Å²) in [6.07, 6.45) is 1.96. The van der Waals surface area contributed by atoms with Crippen LogP contribution in [0, 0.1) is 0 Å². The standard InChI is InChI=1S/C12H16ClNO2/c1-3-16-10-7-11(15-2)9(13)6-8(10)12(14)4-5-12/h6-7H,3-5,14H2,1-2H3. The van der Waals surface area contributed by atoms with Crippen molar-refractivity contribution in [1.29, 1.82) is 0 Å². The van der Waals surface area contributed by atoms with Gasteiger partial charge in [-0.15, -0.1) is 0 Å². The molecule has 1 fully saturated rings. The van der Waals surface area contributed by atoms with Gasteiger partial charge in [0.05, 0.1) is 18.7 Å². The maximum absolute atomic E-state index is 6.18. The predicted octanol–water partition coefficient (Wildman–Crippen LogP) is 2.70. The van der Waals surface area contributed by atoms with Crippen LogP contribution in [0.3, 0.4) is 0 Å². The zero-order valence-corrected chi connectivity index (χ0v) is 10.3. The first-order chi connectivity index (χ1) is 7.60. The SMILES string of the molecule is CCOc1cc(OC)c(Cl)cc1C1(N)CC1. The summed E-state index contributed by atoms with van der Waals surface area (Å²) in [6, 6.07) is 3.67. The smallest absolute Gasteiger partial charge is 0.141 e. The number of ether oxygens (including phenoxy) is 2. The summed E-state index contributed by atoms with van der Waals surface area (Å²) in [5.41, 5.74) is 6.92. The van der Waals surface area contributed by atoms with Gasteiger partial charge in [0.15, 0.2) is 0 Å². The highest BCUT2D eigenvalue weighted by molar-refractivity contribution is 6.32. The fourth-order valence-corrected chi connectivity index (χ4v) is 2.00. The van der Waals surface area contributed by atoms with Crippen LogP contribution in [0.15, 0.2) is 12.1 Å². The molecule has 0 amide bonds. The molecule has 2 rings (SSSR count). The Kier molecular flexibility index (Phi) is 3.00. The molecule has 0 bridgehead atoms. The average Bonchev–Trinajstić information content (AvgIpc) is 3.00.